The molecule has 0 atom stereocenters. The first-order chi connectivity index (χ1) is 33.5. The van der Waals surface area contributed by atoms with Crippen LogP contribution in [0.2, 0.25) is 0 Å². The molecule has 404 valence electrons. The second-order valence-corrected chi connectivity index (χ2v) is 20.2. The summed E-state index contributed by atoms with van der Waals surface area (Å²) in [5.41, 5.74) is 14.9. The molecule has 7 aromatic heterocycles. The summed E-state index contributed by atoms with van der Waals surface area (Å²) < 4.78 is 19.2. The van der Waals surface area contributed by atoms with E-state index >= 15 is 0 Å². The summed E-state index contributed by atoms with van der Waals surface area (Å²) in [7, 11) is 9.56. The molecule has 0 saturated heterocycles. The number of nitrogens with zero attached hydrogens (tertiary/aromatic N) is 16. The van der Waals surface area contributed by atoms with Crippen molar-refractivity contribution in [2.75, 3.05) is 0 Å². The minimum Gasteiger partial charge on any atom is -0.390 e. The molecule has 0 aromatic carbocycles. The Hall–Kier alpha value is -5.89. The third-order valence-corrected chi connectivity index (χ3v) is 11.5. The van der Waals surface area contributed by atoms with Gasteiger partial charge in [-0.2, -0.15) is 0 Å². The number of aliphatic hydroxyl groups is 2. The van der Waals surface area contributed by atoms with Crippen LogP contribution in [0.15, 0.2) is 15.4 Å². The highest BCUT2D eigenvalue weighted by Crippen LogP contribution is 2.23. The first-order valence-electron chi connectivity index (χ1n) is 25.0. The summed E-state index contributed by atoms with van der Waals surface area (Å²) >= 11 is 0. The standard InChI is InChI=1S/C8H14N2O.2C8H13NO.C7H13N3O.3C7H13N3/c1-6(2)8-7(4-11)9-5-10(8)3;2*1-5(2)8-6(3)9-10-7(8)4;1-5(2)7-6(4-11)8-9-10(7)3;3*1-5(2)7-6(3)8-9-10(7)4/h5-6,11H,4H2,1-3H3;2*5H,1-4H3;5,11H,4H2,1-3H3;3*5H,1-4H3. The Morgan fingerprint density at radius 1 is 0.389 bits per heavy atom. The Morgan fingerprint density at radius 2 is 0.681 bits per heavy atom. The zero-order valence-electron chi connectivity index (χ0n) is 48.9. The molecule has 0 radical (unpaired) electrons. The number of imidazole rings is 1. The van der Waals surface area contributed by atoms with E-state index in [-0.39, 0.29) is 13.2 Å². The summed E-state index contributed by atoms with van der Waals surface area (Å²) in [6, 6.07) is 0. The van der Waals surface area contributed by atoms with Crippen molar-refractivity contribution < 1.29 is 19.3 Å². The zero-order valence-corrected chi connectivity index (χ0v) is 48.9. The Morgan fingerprint density at radius 3 is 0.847 bits per heavy atom. The largest absolute Gasteiger partial charge is 0.390 e. The van der Waals surface area contributed by atoms with Crippen LogP contribution in [-0.4, -0.2) is 90.1 Å². The smallest absolute Gasteiger partial charge is 0.137 e. The monoisotopic (exact) mass is 1000 g/mol. The fraction of sp³-hybridized carbons (Fsp3) is 0.673. The number of hydrogen-bond donors (Lipinski definition) is 2. The van der Waals surface area contributed by atoms with Crippen molar-refractivity contribution in [3.05, 3.63) is 97.3 Å². The van der Waals surface area contributed by atoms with Crippen LogP contribution >= 0.6 is 0 Å². The van der Waals surface area contributed by atoms with Gasteiger partial charge in [-0.15, -0.1) is 20.4 Å². The highest BCUT2D eigenvalue weighted by Gasteiger charge is 2.15. The zero-order chi connectivity index (χ0) is 55.5. The Kier molecular flexibility index (Phi) is 26.9. The maximum Gasteiger partial charge on any atom is 0.137 e. The van der Waals surface area contributed by atoms with Crippen LogP contribution in [0, 0.1) is 48.5 Å². The van der Waals surface area contributed by atoms with Gasteiger partial charge in [-0.1, -0.05) is 128 Å². The molecular formula is C52H92N16O4. The Bertz CT molecular complexity index is 2170. The van der Waals surface area contributed by atoms with Crippen LogP contribution in [0.5, 0.6) is 0 Å². The normalized spacial score (nSPS) is 10.9. The van der Waals surface area contributed by atoms with E-state index in [0.717, 1.165) is 57.1 Å². The van der Waals surface area contributed by atoms with E-state index in [1.54, 1.807) is 11.0 Å². The molecule has 0 amide bonds. The van der Waals surface area contributed by atoms with Crippen molar-refractivity contribution in [1.29, 1.82) is 0 Å². The highest BCUT2D eigenvalue weighted by molar-refractivity contribution is 5.25. The van der Waals surface area contributed by atoms with Gasteiger partial charge in [-0.3, -0.25) is 18.7 Å². The predicted molar refractivity (Wildman–Crippen MR) is 284 cm³/mol. The molecule has 20 nitrogen and oxygen atoms in total. The van der Waals surface area contributed by atoms with Crippen LogP contribution in [0.25, 0.3) is 0 Å². The van der Waals surface area contributed by atoms with Gasteiger partial charge in [-0.25, -0.2) is 4.98 Å². The van der Waals surface area contributed by atoms with Crippen LogP contribution in [-0.2, 0) is 48.5 Å². The second-order valence-electron chi connectivity index (χ2n) is 20.2. The van der Waals surface area contributed by atoms with Gasteiger partial charge in [0.25, 0.3) is 0 Å². The molecule has 0 saturated carbocycles. The van der Waals surface area contributed by atoms with Crippen molar-refractivity contribution in [2.24, 2.45) is 35.2 Å². The topological polar surface area (TPSA) is 233 Å². The quantitative estimate of drug-likeness (QED) is 0.137. The second kappa shape index (κ2) is 30.2. The van der Waals surface area contributed by atoms with E-state index in [4.69, 9.17) is 19.3 Å². The number of aromatic nitrogens is 16. The first-order valence-corrected chi connectivity index (χ1v) is 25.0. The van der Waals surface area contributed by atoms with Crippen molar-refractivity contribution >= 4 is 0 Å². The number of aliphatic hydroxyl groups excluding tert-OH is 2. The van der Waals surface area contributed by atoms with E-state index in [1.807, 2.05) is 102 Å². The average molecular weight is 1010 g/mol. The predicted octanol–water partition coefficient (Wildman–Crippen LogP) is 10.0. The number of aryl methyl sites for hydroxylation is 12. The van der Waals surface area contributed by atoms with Crippen LogP contribution in [0.4, 0.5) is 0 Å². The lowest BCUT2D eigenvalue weighted by atomic mass is 10.0. The lowest BCUT2D eigenvalue weighted by molar-refractivity contribution is 0.275. The minimum atomic E-state index is -0.0264. The summed E-state index contributed by atoms with van der Waals surface area (Å²) in [6.07, 6.45) is 1.74. The average Bonchev–Trinajstić information content (AvgIpc) is 4.17. The van der Waals surface area contributed by atoms with Gasteiger partial charge < -0.3 is 23.8 Å². The summed E-state index contributed by atoms with van der Waals surface area (Å²) in [4.78, 5) is 4.07. The van der Waals surface area contributed by atoms with Gasteiger partial charge in [-0.05, 0) is 89.9 Å². The molecule has 0 aliphatic carbocycles. The van der Waals surface area contributed by atoms with E-state index in [0.29, 0.717) is 47.1 Å². The third-order valence-electron chi connectivity index (χ3n) is 11.5. The molecule has 72 heavy (non-hydrogen) atoms. The van der Waals surface area contributed by atoms with E-state index < -0.39 is 0 Å². The highest BCUT2D eigenvalue weighted by atomic mass is 16.5. The maximum atomic E-state index is 8.90. The van der Waals surface area contributed by atoms with Crippen molar-refractivity contribution in [1.82, 2.24) is 79.8 Å². The first kappa shape index (κ1) is 64.1. The molecule has 20 heteroatoms. The van der Waals surface area contributed by atoms with Gasteiger partial charge >= 0.3 is 0 Å². The minimum absolute atomic E-state index is 0.0264. The lowest BCUT2D eigenvalue weighted by Gasteiger charge is -2.07. The molecule has 7 rings (SSSR count). The Labute approximate surface area is 430 Å². The van der Waals surface area contributed by atoms with Gasteiger partial charge in [0.2, 0.25) is 0 Å². The molecule has 0 aliphatic heterocycles. The van der Waals surface area contributed by atoms with Crippen molar-refractivity contribution in [3.8, 4) is 0 Å². The van der Waals surface area contributed by atoms with Crippen molar-refractivity contribution in [2.45, 2.75) is 200 Å². The number of rotatable bonds is 9. The molecule has 0 unspecified atom stereocenters. The van der Waals surface area contributed by atoms with Gasteiger partial charge in [0.05, 0.1) is 76.5 Å². The van der Waals surface area contributed by atoms with E-state index in [1.165, 1.54) is 28.2 Å². The van der Waals surface area contributed by atoms with Gasteiger partial charge in [0.15, 0.2) is 0 Å². The fourth-order valence-electron chi connectivity index (χ4n) is 8.98. The maximum absolute atomic E-state index is 8.90. The summed E-state index contributed by atoms with van der Waals surface area (Å²) in [5.74, 6) is 5.26. The van der Waals surface area contributed by atoms with Crippen molar-refractivity contribution in [3.63, 3.8) is 0 Å². The fourth-order valence-corrected chi connectivity index (χ4v) is 8.98. The van der Waals surface area contributed by atoms with Crippen LogP contribution in [0.3, 0.4) is 0 Å². The lowest BCUT2D eigenvalue weighted by Crippen LogP contribution is -2.02. The molecule has 2 N–H and O–H groups in total. The molecular weight excluding hydrogens is 913 g/mol. The summed E-state index contributed by atoms with van der Waals surface area (Å²) in [5, 5.41) is 56.7. The number of hydrogen-bond acceptors (Lipinski definition) is 15. The molecule has 0 aliphatic rings. The van der Waals surface area contributed by atoms with E-state index in [2.05, 4.69) is 153 Å². The molecule has 0 fully saturated rings. The molecule has 7 heterocycles. The molecule has 0 spiro atoms. The third kappa shape index (κ3) is 18.6. The van der Waals surface area contributed by atoms with Gasteiger partial charge in [0, 0.05) is 52.1 Å². The molecule has 7 aromatic rings. The summed E-state index contributed by atoms with van der Waals surface area (Å²) in [6.45, 7) is 43.6. The SMILES string of the molecule is CC(C)c1c(CO)ncn1C.CC(C)c1c(CO)nnn1C.Cc1nnn(C)c1C(C)C.Cc1nnn(C)c1C(C)C.Cc1nnn(C)c1C(C)C.Cc1noc(C)c1C(C)C.Cc1noc(C)c1C(C)C. The molecule has 0 bridgehead atoms. The van der Waals surface area contributed by atoms with Crippen LogP contribution in [0.1, 0.15) is 229 Å². The Balaban J connectivity index is 0.000000420. The van der Waals surface area contributed by atoms with Gasteiger partial charge in [0.1, 0.15) is 17.2 Å². The van der Waals surface area contributed by atoms with Crippen LogP contribution < -0.4 is 0 Å². The van der Waals surface area contributed by atoms with E-state index in [9.17, 15) is 0 Å².